The lowest BCUT2D eigenvalue weighted by Crippen LogP contribution is -2.40. The molecule has 124 valence electrons. The molecule has 7 unspecified atom stereocenters. The van der Waals surface area contributed by atoms with Gasteiger partial charge in [0.1, 0.15) is 12.2 Å². The summed E-state index contributed by atoms with van der Waals surface area (Å²) in [6, 6.07) is 0. The lowest BCUT2D eigenvalue weighted by atomic mass is 9.78. The summed E-state index contributed by atoms with van der Waals surface area (Å²) in [6.45, 7) is 12.0. The molecule has 0 amide bonds. The molecule has 0 bridgehead atoms. The fraction of sp³-hybridized carbons (Fsp3) is 0.667. The average molecular weight is 318 g/mol. The maximum atomic E-state index is 12.1. The van der Waals surface area contributed by atoms with Crippen molar-refractivity contribution in [3.05, 3.63) is 24.3 Å². The molecule has 0 spiro atoms. The van der Waals surface area contributed by atoms with Crippen molar-refractivity contribution in [2.24, 2.45) is 17.8 Å². The van der Waals surface area contributed by atoms with Crippen LogP contribution in [-0.4, -0.2) is 35.9 Å². The van der Waals surface area contributed by atoms with E-state index < -0.39 is 6.10 Å². The van der Waals surface area contributed by atoms with Gasteiger partial charge in [-0.1, -0.05) is 25.7 Å². The van der Waals surface area contributed by atoms with Crippen molar-refractivity contribution in [2.45, 2.75) is 57.0 Å². The summed E-state index contributed by atoms with van der Waals surface area (Å²) < 4.78 is 17.2. The summed E-state index contributed by atoms with van der Waals surface area (Å²) >= 11 is 0. The second-order valence-electron chi connectivity index (χ2n) is 7.32. The highest BCUT2D eigenvalue weighted by Crippen LogP contribution is 2.63. The zero-order valence-corrected chi connectivity index (χ0v) is 13.5. The first-order valence-electron chi connectivity index (χ1n) is 8.31. The van der Waals surface area contributed by atoms with Crippen molar-refractivity contribution >= 4 is 11.9 Å². The van der Waals surface area contributed by atoms with Gasteiger partial charge in [0, 0.05) is 24.3 Å². The number of carbonyl (C=O) groups excluding carboxylic acids is 2. The van der Waals surface area contributed by atoms with Gasteiger partial charge in [0.15, 0.2) is 0 Å². The minimum Gasteiger partial charge on any atom is -0.461 e. The second kappa shape index (κ2) is 4.69. The van der Waals surface area contributed by atoms with E-state index in [0.29, 0.717) is 18.4 Å². The third-order valence-corrected chi connectivity index (χ3v) is 6.12. The summed E-state index contributed by atoms with van der Waals surface area (Å²) in [5, 5.41) is 0. The van der Waals surface area contributed by atoms with E-state index in [4.69, 9.17) is 14.2 Å². The minimum absolute atomic E-state index is 0.0681. The second-order valence-corrected chi connectivity index (χ2v) is 7.32. The molecular formula is C18H22O5. The van der Waals surface area contributed by atoms with Gasteiger partial charge in [-0.3, -0.25) is 4.79 Å². The molecule has 7 atom stereocenters. The topological polar surface area (TPSA) is 65.1 Å². The number of ether oxygens (including phenoxy) is 3. The molecule has 2 aliphatic carbocycles. The molecule has 2 saturated heterocycles. The molecule has 2 aliphatic heterocycles. The van der Waals surface area contributed by atoms with Crippen molar-refractivity contribution in [3.8, 4) is 0 Å². The third kappa shape index (κ3) is 1.95. The SMILES string of the molecule is C=C1CC(OC(=O)CC)C2C(=C)C(=O)OC2C2C1CC1OC12C. The minimum atomic E-state index is -0.426. The maximum Gasteiger partial charge on any atom is 0.334 e. The van der Waals surface area contributed by atoms with Crippen LogP contribution in [0, 0.1) is 17.8 Å². The standard InChI is InChI=1S/C18H22O5/c1-5-13(19)21-11-6-8(2)10-7-12-18(4,23-12)15(10)16-14(11)9(3)17(20)22-16/h10-12,14-16H,2-3,5-7H2,1,4H3. The van der Waals surface area contributed by atoms with E-state index in [1.807, 2.05) is 0 Å². The summed E-state index contributed by atoms with van der Waals surface area (Å²) in [5.41, 5.74) is 1.22. The average Bonchev–Trinajstić information content (AvgIpc) is 2.97. The number of esters is 2. The molecule has 23 heavy (non-hydrogen) atoms. The Morgan fingerprint density at radius 2 is 2.17 bits per heavy atom. The Balaban J connectivity index is 1.72. The smallest absolute Gasteiger partial charge is 0.334 e. The van der Waals surface area contributed by atoms with Crippen LogP contribution in [0.2, 0.25) is 0 Å². The van der Waals surface area contributed by atoms with Crippen LogP contribution < -0.4 is 0 Å². The van der Waals surface area contributed by atoms with Gasteiger partial charge in [0.05, 0.1) is 17.6 Å². The van der Waals surface area contributed by atoms with Crippen LogP contribution in [0.5, 0.6) is 0 Å². The Hall–Kier alpha value is -1.62. The molecule has 4 aliphatic rings. The molecule has 0 radical (unpaired) electrons. The fourth-order valence-electron chi connectivity index (χ4n) is 4.84. The molecule has 4 rings (SSSR count). The van der Waals surface area contributed by atoms with Crippen molar-refractivity contribution < 1.29 is 23.8 Å². The highest BCUT2D eigenvalue weighted by atomic mass is 16.6. The van der Waals surface area contributed by atoms with Gasteiger partial charge in [-0.15, -0.1) is 0 Å². The first-order valence-corrected chi connectivity index (χ1v) is 8.31. The Morgan fingerprint density at radius 3 is 2.87 bits per heavy atom. The van der Waals surface area contributed by atoms with Crippen LogP contribution in [0.3, 0.4) is 0 Å². The first-order chi connectivity index (χ1) is 10.9. The Bertz CT molecular complexity index is 623. The largest absolute Gasteiger partial charge is 0.461 e. The number of carbonyl (C=O) groups is 2. The molecule has 2 saturated carbocycles. The van der Waals surface area contributed by atoms with Crippen LogP contribution in [0.1, 0.15) is 33.1 Å². The Kier molecular flexibility index (Phi) is 3.05. The van der Waals surface area contributed by atoms with E-state index in [2.05, 4.69) is 20.1 Å². The molecule has 0 aromatic rings. The van der Waals surface area contributed by atoms with Gasteiger partial charge in [0.2, 0.25) is 0 Å². The molecular weight excluding hydrogens is 296 g/mol. The predicted molar refractivity (Wildman–Crippen MR) is 81.3 cm³/mol. The maximum absolute atomic E-state index is 12.1. The highest BCUT2D eigenvalue weighted by molar-refractivity contribution is 5.91. The summed E-state index contributed by atoms with van der Waals surface area (Å²) in [7, 11) is 0. The van der Waals surface area contributed by atoms with Gasteiger partial charge >= 0.3 is 11.9 Å². The highest BCUT2D eigenvalue weighted by Gasteiger charge is 2.71. The van der Waals surface area contributed by atoms with Gasteiger partial charge in [-0.25, -0.2) is 4.79 Å². The lowest BCUT2D eigenvalue weighted by Gasteiger charge is -2.31. The zero-order valence-electron chi connectivity index (χ0n) is 13.5. The normalized spacial score (nSPS) is 47.3. The number of rotatable bonds is 2. The monoisotopic (exact) mass is 318 g/mol. The van der Waals surface area contributed by atoms with Crippen LogP contribution in [-0.2, 0) is 23.8 Å². The van der Waals surface area contributed by atoms with Gasteiger partial charge in [-0.05, 0) is 19.3 Å². The van der Waals surface area contributed by atoms with E-state index in [1.165, 1.54) is 0 Å². The van der Waals surface area contributed by atoms with Crippen LogP contribution in [0.25, 0.3) is 0 Å². The molecule has 0 aromatic heterocycles. The predicted octanol–water partition coefficient (Wildman–Crippen LogP) is 2.16. The number of hydrogen-bond donors (Lipinski definition) is 0. The fourth-order valence-corrected chi connectivity index (χ4v) is 4.84. The molecule has 0 aromatic carbocycles. The van der Waals surface area contributed by atoms with E-state index in [1.54, 1.807) is 6.92 Å². The Labute approximate surface area is 135 Å². The van der Waals surface area contributed by atoms with Crippen LogP contribution >= 0.6 is 0 Å². The van der Waals surface area contributed by atoms with Crippen LogP contribution in [0.15, 0.2) is 24.3 Å². The summed E-state index contributed by atoms with van der Waals surface area (Å²) in [5.74, 6) is -0.637. The van der Waals surface area contributed by atoms with Crippen LogP contribution in [0.4, 0.5) is 0 Å². The first kappa shape index (κ1) is 14.9. The van der Waals surface area contributed by atoms with E-state index >= 15 is 0 Å². The van der Waals surface area contributed by atoms with Crippen molar-refractivity contribution in [2.75, 3.05) is 0 Å². The molecule has 4 fully saturated rings. The molecule has 5 heteroatoms. The number of hydrogen-bond acceptors (Lipinski definition) is 5. The molecule has 5 nitrogen and oxygen atoms in total. The lowest BCUT2D eigenvalue weighted by molar-refractivity contribution is -0.153. The van der Waals surface area contributed by atoms with Gasteiger partial charge < -0.3 is 14.2 Å². The van der Waals surface area contributed by atoms with Crippen molar-refractivity contribution in [1.82, 2.24) is 0 Å². The van der Waals surface area contributed by atoms with Gasteiger partial charge in [-0.2, -0.15) is 0 Å². The number of fused-ring (bicyclic) bond motifs is 5. The quantitative estimate of drug-likeness (QED) is 0.338. The molecule has 0 N–H and O–H groups in total. The van der Waals surface area contributed by atoms with Crippen molar-refractivity contribution in [3.63, 3.8) is 0 Å². The third-order valence-electron chi connectivity index (χ3n) is 6.12. The van der Waals surface area contributed by atoms with E-state index in [9.17, 15) is 9.59 Å². The summed E-state index contributed by atoms with van der Waals surface area (Å²) in [6.07, 6.45) is 1.22. The Morgan fingerprint density at radius 1 is 1.43 bits per heavy atom. The number of epoxide rings is 1. The van der Waals surface area contributed by atoms with E-state index in [0.717, 1.165) is 12.0 Å². The van der Waals surface area contributed by atoms with Gasteiger partial charge in [0.25, 0.3) is 0 Å². The summed E-state index contributed by atoms with van der Waals surface area (Å²) in [4.78, 5) is 23.9. The molecule has 2 heterocycles. The zero-order chi connectivity index (χ0) is 16.5. The van der Waals surface area contributed by atoms with Crippen molar-refractivity contribution in [1.29, 1.82) is 0 Å². The van der Waals surface area contributed by atoms with E-state index in [-0.39, 0.29) is 47.5 Å².